The lowest BCUT2D eigenvalue weighted by atomic mass is 10.1. The monoisotopic (exact) mass is 285 g/mol. The van der Waals surface area contributed by atoms with E-state index in [0.717, 1.165) is 6.07 Å². The number of nitrogens with one attached hydrogen (secondary N) is 1. The number of halogens is 2. The number of carbonyl (C=O) groups excluding carboxylic acids is 1. The van der Waals surface area contributed by atoms with Gasteiger partial charge in [0.15, 0.2) is 0 Å². The maximum Gasteiger partial charge on any atom is 0.305 e. The highest BCUT2D eigenvalue weighted by Crippen LogP contribution is 2.25. The summed E-state index contributed by atoms with van der Waals surface area (Å²) in [7, 11) is 1.43. The Morgan fingerprint density at radius 1 is 1.50 bits per heavy atom. The van der Waals surface area contributed by atoms with Crippen LogP contribution < -0.4 is 5.32 Å². The SMILES string of the molecule is CN(C(=O)c1c(F)ccc([N+](=O)[O-])c1F)C1CCNC1. The Bertz CT molecular complexity index is 559. The summed E-state index contributed by atoms with van der Waals surface area (Å²) in [5.74, 6) is -3.42. The third kappa shape index (κ3) is 2.46. The molecule has 0 aliphatic carbocycles. The molecule has 2 rings (SSSR count). The van der Waals surface area contributed by atoms with Crippen molar-refractivity contribution in [2.75, 3.05) is 20.1 Å². The van der Waals surface area contributed by atoms with Gasteiger partial charge in [-0.15, -0.1) is 0 Å². The molecule has 20 heavy (non-hydrogen) atoms. The van der Waals surface area contributed by atoms with Crippen LogP contribution in [0, 0.1) is 21.7 Å². The van der Waals surface area contributed by atoms with E-state index in [1.165, 1.54) is 11.9 Å². The zero-order valence-corrected chi connectivity index (χ0v) is 10.7. The third-order valence-electron chi connectivity index (χ3n) is 3.38. The highest BCUT2D eigenvalue weighted by molar-refractivity contribution is 5.95. The summed E-state index contributed by atoms with van der Waals surface area (Å²) in [6, 6.07) is 1.26. The molecule has 1 amide bonds. The van der Waals surface area contributed by atoms with Gasteiger partial charge in [-0.1, -0.05) is 0 Å². The number of rotatable bonds is 3. The number of carbonyl (C=O) groups is 1. The molecule has 0 spiro atoms. The molecule has 8 heteroatoms. The normalized spacial score (nSPS) is 18.1. The number of hydrogen-bond acceptors (Lipinski definition) is 4. The van der Waals surface area contributed by atoms with Crippen molar-refractivity contribution in [3.05, 3.63) is 39.4 Å². The predicted octanol–water partition coefficient (Wildman–Crippen LogP) is 1.31. The molecule has 1 aromatic carbocycles. The second kappa shape index (κ2) is 5.49. The first-order valence-corrected chi connectivity index (χ1v) is 6.03. The van der Waals surface area contributed by atoms with E-state index in [0.29, 0.717) is 25.6 Å². The van der Waals surface area contributed by atoms with E-state index >= 15 is 0 Å². The van der Waals surface area contributed by atoms with Crippen LogP contribution in [0.2, 0.25) is 0 Å². The number of amides is 1. The van der Waals surface area contributed by atoms with Crippen LogP contribution in [0.25, 0.3) is 0 Å². The number of likely N-dealkylation sites (N-methyl/N-ethyl adjacent to an activating group) is 1. The fraction of sp³-hybridized carbons (Fsp3) is 0.417. The first-order chi connectivity index (χ1) is 9.43. The summed E-state index contributed by atoms with van der Waals surface area (Å²) in [6.45, 7) is 1.24. The van der Waals surface area contributed by atoms with Crippen LogP contribution in [0.1, 0.15) is 16.8 Å². The smallest absolute Gasteiger partial charge is 0.305 e. The van der Waals surface area contributed by atoms with Gasteiger partial charge in [0.1, 0.15) is 11.4 Å². The molecule has 6 nitrogen and oxygen atoms in total. The Kier molecular flexibility index (Phi) is 3.93. The molecule has 108 valence electrons. The van der Waals surface area contributed by atoms with Gasteiger partial charge in [0.2, 0.25) is 5.82 Å². The first-order valence-electron chi connectivity index (χ1n) is 6.03. The minimum absolute atomic E-state index is 0.180. The van der Waals surface area contributed by atoms with Crippen LogP contribution in [0.4, 0.5) is 14.5 Å². The molecule has 0 bridgehead atoms. The standard InChI is InChI=1S/C12H13F2N3O3/c1-16(7-4-5-15-6-7)12(18)10-8(13)2-3-9(11(10)14)17(19)20/h2-3,7,15H,4-6H2,1H3. The number of benzene rings is 1. The zero-order valence-electron chi connectivity index (χ0n) is 10.7. The van der Waals surface area contributed by atoms with Crippen molar-refractivity contribution in [3.63, 3.8) is 0 Å². The fourth-order valence-electron chi connectivity index (χ4n) is 2.19. The Balaban J connectivity index is 2.38. The van der Waals surface area contributed by atoms with Gasteiger partial charge in [-0.2, -0.15) is 4.39 Å². The predicted molar refractivity (Wildman–Crippen MR) is 66.4 cm³/mol. The molecule has 1 aromatic rings. The van der Waals surface area contributed by atoms with Crippen molar-refractivity contribution in [1.29, 1.82) is 0 Å². The van der Waals surface area contributed by atoms with Crippen LogP contribution >= 0.6 is 0 Å². The molecule has 0 aromatic heterocycles. The van der Waals surface area contributed by atoms with Crippen molar-refractivity contribution in [3.8, 4) is 0 Å². The largest absolute Gasteiger partial charge is 0.337 e. The van der Waals surface area contributed by atoms with Gasteiger partial charge < -0.3 is 10.2 Å². The molecule has 1 saturated heterocycles. The van der Waals surface area contributed by atoms with Gasteiger partial charge in [-0.3, -0.25) is 14.9 Å². The topological polar surface area (TPSA) is 75.5 Å². The Morgan fingerprint density at radius 3 is 2.75 bits per heavy atom. The average Bonchev–Trinajstić information content (AvgIpc) is 2.91. The molecular weight excluding hydrogens is 272 g/mol. The lowest BCUT2D eigenvalue weighted by Crippen LogP contribution is -2.39. The van der Waals surface area contributed by atoms with Crippen LogP contribution in [0.5, 0.6) is 0 Å². The van der Waals surface area contributed by atoms with E-state index in [9.17, 15) is 23.7 Å². The quantitative estimate of drug-likeness (QED) is 0.671. The van der Waals surface area contributed by atoms with E-state index in [1.807, 2.05) is 0 Å². The van der Waals surface area contributed by atoms with Crippen LogP contribution in [-0.4, -0.2) is 41.9 Å². The number of nitro benzene ring substituents is 1. The second-order valence-electron chi connectivity index (χ2n) is 4.58. The van der Waals surface area contributed by atoms with E-state index in [4.69, 9.17) is 0 Å². The summed E-state index contributed by atoms with van der Waals surface area (Å²) >= 11 is 0. The molecule has 0 saturated carbocycles. The molecule has 1 N–H and O–H groups in total. The Morgan fingerprint density at radius 2 is 2.20 bits per heavy atom. The molecule has 1 atom stereocenters. The lowest BCUT2D eigenvalue weighted by Gasteiger charge is -2.24. The van der Waals surface area contributed by atoms with E-state index < -0.39 is 33.7 Å². The van der Waals surface area contributed by atoms with Crippen molar-refractivity contribution in [1.82, 2.24) is 10.2 Å². The summed E-state index contributed by atoms with van der Waals surface area (Å²) < 4.78 is 27.6. The Labute approximate surface area is 113 Å². The summed E-state index contributed by atoms with van der Waals surface area (Å²) in [4.78, 5) is 23.0. The first kappa shape index (κ1) is 14.3. The summed E-state index contributed by atoms with van der Waals surface area (Å²) in [6.07, 6.45) is 0.667. The highest BCUT2D eigenvalue weighted by Gasteiger charge is 2.31. The third-order valence-corrected chi connectivity index (χ3v) is 3.38. The second-order valence-corrected chi connectivity index (χ2v) is 4.58. The molecular formula is C12H13F2N3O3. The van der Waals surface area contributed by atoms with Gasteiger partial charge in [0.25, 0.3) is 5.91 Å². The van der Waals surface area contributed by atoms with Crippen LogP contribution in [0.3, 0.4) is 0 Å². The fourth-order valence-corrected chi connectivity index (χ4v) is 2.19. The van der Waals surface area contributed by atoms with Gasteiger partial charge in [-0.25, -0.2) is 4.39 Å². The maximum atomic E-state index is 13.9. The Hall–Kier alpha value is -2.09. The molecule has 1 unspecified atom stereocenters. The van der Waals surface area contributed by atoms with E-state index in [2.05, 4.69) is 5.32 Å². The van der Waals surface area contributed by atoms with Gasteiger partial charge >= 0.3 is 5.69 Å². The van der Waals surface area contributed by atoms with Crippen molar-refractivity contribution in [2.24, 2.45) is 0 Å². The number of hydrogen-bond donors (Lipinski definition) is 1. The zero-order chi connectivity index (χ0) is 14.9. The average molecular weight is 285 g/mol. The van der Waals surface area contributed by atoms with Crippen LogP contribution in [-0.2, 0) is 0 Å². The molecule has 0 radical (unpaired) electrons. The highest BCUT2D eigenvalue weighted by atomic mass is 19.1. The van der Waals surface area contributed by atoms with Crippen LogP contribution in [0.15, 0.2) is 12.1 Å². The van der Waals surface area contributed by atoms with Gasteiger partial charge in [0.05, 0.1) is 4.92 Å². The molecule has 1 heterocycles. The summed E-state index contributed by atoms with van der Waals surface area (Å²) in [5.41, 5.74) is -1.79. The summed E-state index contributed by atoms with van der Waals surface area (Å²) in [5, 5.41) is 13.7. The van der Waals surface area contributed by atoms with Crippen molar-refractivity contribution < 1.29 is 18.5 Å². The molecule has 1 fully saturated rings. The number of nitrogens with zero attached hydrogens (tertiary/aromatic N) is 2. The van der Waals surface area contributed by atoms with Gasteiger partial charge in [0, 0.05) is 25.7 Å². The number of nitro groups is 1. The molecule has 1 aliphatic heterocycles. The van der Waals surface area contributed by atoms with Gasteiger partial charge in [-0.05, 0) is 19.0 Å². The lowest BCUT2D eigenvalue weighted by molar-refractivity contribution is -0.387. The molecule has 1 aliphatic rings. The van der Waals surface area contributed by atoms with Crippen molar-refractivity contribution >= 4 is 11.6 Å². The van der Waals surface area contributed by atoms with E-state index in [-0.39, 0.29) is 6.04 Å². The minimum atomic E-state index is -1.43. The van der Waals surface area contributed by atoms with Crippen molar-refractivity contribution in [2.45, 2.75) is 12.5 Å². The minimum Gasteiger partial charge on any atom is -0.337 e. The van der Waals surface area contributed by atoms with E-state index in [1.54, 1.807) is 0 Å². The maximum absolute atomic E-state index is 13.9.